The highest BCUT2D eigenvalue weighted by molar-refractivity contribution is 6.69. The molecule has 0 unspecified atom stereocenters. The molecule has 0 aliphatic carbocycles. The molecule has 1 aliphatic rings. The molecule has 1 N–H and O–H groups in total. The molecule has 0 saturated carbocycles. The molecular weight excluding hydrogens is 465 g/mol. The van der Waals surface area contributed by atoms with Crippen LogP contribution in [0.4, 0.5) is 11.6 Å². The van der Waals surface area contributed by atoms with Gasteiger partial charge in [-0.2, -0.15) is 0 Å². The van der Waals surface area contributed by atoms with Gasteiger partial charge in [-0.1, -0.05) is 0 Å². The van der Waals surface area contributed by atoms with Crippen molar-refractivity contribution in [3.8, 4) is 11.3 Å². The third-order valence-electron chi connectivity index (χ3n) is 6.91. The first-order chi connectivity index (χ1) is 17.7. The predicted molar refractivity (Wildman–Crippen MR) is 153 cm³/mol. The fourth-order valence-corrected chi connectivity index (χ4v) is 4.46. The fraction of sp³-hybridized carbons (Fsp3) is 0.227. The van der Waals surface area contributed by atoms with Gasteiger partial charge in [-0.05, 0) is 34.9 Å². The molecule has 1 amide bonds. The van der Waals surface area contributed by atoms with Gasteiger partial charge in [-0.3, -0.25) is 9.78 Å². The molecular formula is C22H13B8N7O. The Bertz CT molecular complexity index is 1550. The highest BCUT2D eigenvalue weighted by Gasteiger charge is 2.63. The Hall–Kier alpha value is -3.29. The standard InChI is InChI=1S/C22H13B8N7O/c1-36-10-31-9-15(36)13-4-12-5-16(34-8-14(12)33-7-13)35-18(38)11-2-3-32-17(6-11)37-21(27,28)19(23,24)20(25,26)22(37,29)30/h2-10H,1H3,(H,34,35,38). The maximum absolute atomic E-state index is 13.1. The number of nitrogens with zero attached hydrogens (tertiary/aromatic N) is 6. The van der Waals surface area contributed by atoms with Crippen LogP contribution in [0.2, 0.25) is 10.4 Å². The van der Waals surface area contributed by atoms with Crippen molar-refractivity contribution in [1.82, 2.24) is 24.5 Å². The summed E-state index contributed by atoms with van der Waals surface area (Å²) < 4.78 is 1.88. The summed E-state index contributed by atoms with van der Waals surface area (Å²) in [7, 11) is 51.1. The van der Waals surface area contributed by atoms with Crippen molar-refractivity contribution in [3.05, 3.63) is 60.9 Å². The maximum atomic E-state index is 13.1. The van der Waals surface area contributed by atoms with Crippen LogP contribution in [0, 0.1) is 0 Å². The van der Waals surface area contributed by atoms with Crippen LogP contribution in [0.5, 0.6) is 0 Å². The van der Waals surface area contributed by atoms with Crippen molar-refractivity contribution >= 4 is 91.2 Å². The average Bonchev–Trinajstić information content (AvgIpc) is 3.31. The van der Waals surface area contributed by atoms with Gasteiger partial charge >= 0.3 is 0 Å². The summed E-state index contributed by atoms with van der Waals surface area (Å²) in [5, 5.41) is -5.08. The summed E-state index contributed by atoms with van der Waals surface area (Å²) in [5.74, 6) is -0.258. The van der Waals surface area contributed by atoms with Gasteiger partial charge in [0.15, 0.2) is 0 Å². The van der Waals surface area contributed by atoms with Gasteiger partial charge in [0.2, 0.25) is 0 Å². The third kappa shape index (κ3) is 3.75. The Labute approximate surface area is 230 Å². The molecule has 4 aromatic heterocycles. The lowest BCUT2D eigenvalue weighted by molar-refractivity contribution is 0.102. The second kappa shape index (κ2) is 8.61. The summed E-state index contributed by atoms with van der Waals surface area (Å²) in [5.41, 5.74) is 2.54. The van der Waals surface area contributed by atoms with E-state index in [0.717, 1.165) is 21.5 Å². The number of aryl methyl sites for hydroxylation is 1. The van der Waals surface area contributed by atoms with Crippen molar-refractivity contribution in [2.24, 2.45) is 7.05 Å². The molecule has 1 saturated heterocycles. The first-order valence-corrected chi connectivity index (χ1v) is 11.3. The van der Waals surface area contributed by atoms with Gasteiger partial charge in [0.05, 0.1) is 92.7 Å². The molecule has 0 atom stereocenters. The average molecular weight is 478 g/mol. The first kappa shape index (κ1) is 26.3. The number of anilines is 2. The lowest BCUT2D eigenvalue weighted by Crippen LogP contribution is -2.60. The smallest absolute Gasteiger partial charge is 0.257 e. The van der Waals surface area contributed by atoms with Gasteiger partial charge in [0.1, 0.15) is 11.6 Å². The fourth-order valence-electron chi connectivity index (χ4n) is 4.46. The minimum absolute atomic E-state index is 0.0258. The number of imidazole rings is 1. The summed E-state index contributed by atoms with van der Waals surface area (Å²) in [6.45, 7) is 0. The molecule has 0 spiro atoms. The lowest BCUT2D eigenvalue weighted by atomic mass is 9.17. The molecule has 5 heterocycles. The second-order valence-corrected chi connectivity index (χ2v) is 9.46. The number of rotatable bonds is 4. The van der Waals surface area contributed by atoms with Crippen molar-refractivity contribution in [2.45, 2.75) is 21.1 Å². The number of hydrogen-bond donors (Lipinski definition) is 1. The monoisotopic (exact) mass is 479 g/mol. The van der Waals surface area contributed by atoms with Crippen molar-refractivity contribution < 1.29 is 4.79 Å². The van der Waals surface area contributed by atoms with Crippen molar-refractivity contribution in [2.75, 3.05) is 10.2 Å². The molecule has 38 heavy (non-hydrogen) atoms. The van der Waals surface area contributed by atoms with Crippen LogP contribution < -0.4 is 10.2 Å². The van der Waals surface area contributed by atoms with E-state index in [-0.39, 0.29) is 17.2 Å². The number of aromatic nitrogens is 5. The van der Waals surface area contributed by atoms with E-state index in [2.05, 4.69) is 25.3 Å². The number of carbonyl (C=O) groups excluding carboxylic acids is 1. The Kier molecular flexibility index (Phi) is 5.97. The van der Waals surface area contributed by atoms with Crippen LogP contribution in [0.3, 0.4) is 0 Å². The predicted octanol–water partition coefficient (Wildman–Crippen LogP) is -0.614. The zero-order valence-electron chi connectivity index (χ0n) is 20.4. The second-order valence-electron chi connectivity index (χ2n) is 9.46. The van der Waals surface area contributed by atoms with Gasteiger partial charge in [-0.25, -0.2) is 15.0 Å². The molecule has 166 valence electrons. The van der Waals surface area contributed by atoms with E-state index in [0.29, 0.717) is 5.52 Å². The number of pyridine rings is 3. The molecule has 5 rings (SSSR count). The van der Waals surface area contributed by atoms with Crippen LogP contribution >= 0.6 is 0 Å². The van der Waals surface area contributed by atoms with E-state index >= 15 is 0 Å². The van der Waals surface area contributed by atoms with E-state index in [4.69, 9.17) is 62.8 Å². The van der Waals surface area contributed by atoms with E-state index in [9.17, 15) is 4.79 Å². The molecule has 0 aromatic carbocycles. The van der Waals surface area contributed by atoms with Gasteiger partial charge < -0.3 is 14.8 Å². The zero-order chi connectivity index (χ0) is 27.7. The number of amides is 1. The van der Waals surface area contributed by atoms with Gasteiger partial charge in [0.25, 0.3) is 5.91 Å². The van der Waals surface area contributed by atoms with Crippen molar-refractivity contribution in [1.29, 1.82) is 0 Å². The van der Waals surface area contributed by atoms with Crippen LogP contribution in [0.1, 0.15) is 10.4 Å². The van der Waals surface area contributed by atoms with Crippen LogP contribution in [0.25, 0.3) is 22.2 Å². The lowest BCUT2D eigenvalue weighted by Gasteiger charge is -2.49. The number of carbonyl (C=O) groups is 1. The Balaban J connectivity index is 1.45. The number of fused-ring (bicyclic) bond motifs is 1. The van der Waals surface area contributed by atoms with Crippen LogP contribution in [-0.2, 0) is 7.05 Å². The topological polar surface area (TPSA) is 88.8 Å². The molecule has 8 nitrogen and oxygen atoms in total. The maximum Gasteiger partial charge on any atom is 0.257 e. The summed E-state index contributed by atoms with van der Waals surface area (Å²) in [6.07, 6.45) is 8.05. The molecule has 16 radical (unpaired) electrons. The highest BCUT2D eigenvalue weighted by atomic mass is 16.1. The molecule has 1 aliphatic heterocycles. The van der Waals surface area contributed by atoms with Crippen molar-refractivity contribution in [3.63, 3.8) is 0 Å². The number of nitrogens with one attached hydrogen (secondary N) is 1. The van der Waals surface area contributed by atoms with Gasteiger partial charge in [-0.15, -0.1) is 10.4 Å². The largest absolute Gasteiger partial charge is 0.382 e. The molecule has 16 heteroatoms. The number of hydrogen-bond acceptors (Lipinski definition) is 6. The van der Waals surface area contributed by atoms with E-state index in [1.165, 1.54) is 18.3 Å². The zero-order valence-corrected chi connectivity index (χ0v) is 20.4. The van der Waals surface area contributed by atoms with E-state index in [1.54, 1.807) is 31.0 Å². The van der Waals surface area contributed by atoms with Crippen LogP contribution in [-0.4, -0.2) is 104 Å². The Morgan fingerprint density at radius 2 is 1.55 bits per heavy atom. The normalized spacial score (nSPS) is 18.8. The Morgan fingerprint density at radius 3 is 2.18 bits per heavy atom. The van der Waals surface area contributed by atoms with E-state index < -0.39 is 27.0 Å². The minimum atomic E-state index is -2.15. The van der Waals surface area contributed by atoms with E-state index in [1.807, 2.05) is 17.7 Å². The highest BCUT2D eigenvalue weighted by Crippen LogP contribution is 2.63. The quantitative estimate of drug-likeness (QED) is 0.394. The molecule has 4 aromatic rings. The molecule has 0 bridgehead atoms. The summed E-state index contributed by atoms with van der Waals surface area (Å²) >= 11 is 0. The minimum Gasteiger partial charge on any atom is -0.382 e. The summed E-state index contributed by atoms with van der Waals surface area (Å²) in [6, 6.07) is 6.43. The Morgan fingerprint density at radius 1 is 0.868 bits per heavy atom. The molecule has 1 fully saturated rings. The van der Waals surface area contributed by atoms with Crippen LogP contribution in [0.15, 0.2) is 55.4 Å². The first-order valence-electron chi connectivity index (χ1n) is 11.3. The van der Waals surface area contributed by atoms with Gasteiger partial charge in [0, 0.05) is 36.0 Å². The third-order valence-corrected chi connectivity index (χ3v) is 6.91. The SMILES string of the molecule is [B]C1([B])N(c2cc(C(=O)Nc3cc4cc(-c5cncn5C)cnc4cn3)ccn2)C([B])([B])C([B])([B])C1([B])[B]. The summed E-state index contributed by atoms with van der Waals surface area (Å²) in [4.78, 5) is 31.2.